The van der Waals surface area contributed by atoms with Gasteiger partial charge in [-0.25, -0.2) is 0 Å². The summed E-state index contributed by atoms with van der Waals surface area (Å²) in [4.78, 5) is 0. The predicted molar refractivity (Wildman–Crippen MR) is 78.4 cm³/mol. The van der Waals surface area contributed by atoms with Crippen molar-refractivity contribution in [2.24, 2.45) is 0 Å². The molecule has 0 bridgehead atoms. The highest BCUT2D eigenvalue weighted by Gasteiger charge is 1.97. The Bertz CT molecular complexity index is 407. The van der Waals surface area contributed by atoms with E-state index in [0.717, 1.165) is 11.5 Å². The van der Waals surface area contributed by atoms with Crippen LogP contribution in [0.2, 0.25) is 0 Å². The van der Waals surface area contributed by atoms with Crippen molar-refractivity contribution in [3.05, 3.63) is 48.3 Å². The molecule has 0 aromatic carbocycles. The maximum atomic E-state index is 5.38. The van der Waals surface area contributed by atoms with Crippen LogP contribution in [0.1, 0.15) is 11.5 Å². The summed E-state index contributed by atoms with van der Waals surface area (Å²) in [5, 5.41) is 0. The van der Waals surface area contributed by atoms with Crippen molar-refractivity contribution in [3.63, 3.8) is 0 Å². The second-order valence-electron chi connectivity index (χ2n) is 4.49. The predicted octanol–water partition coefficient (Wildman–Crippen LogP) is 2.64. The smallest absolute Gasteiger partial charge is 0.129 e. The van der Waals surface area contributed by atoms with Gasteiger partial charge in [-0.1, -0.05) is 0 Å². The van der Waals surface area contributed by atoms with Gasteiger partial charge in [-0.05, 0) is 24.3 Å². The minimum atomic E-state index is 0.472. The van der Waals surface area contributed by atoms with Crippen LogP contribution in [0.5, 0.6) is 0 Å². The van der Waals surface area contributed by atoms with E-state index in [9.17, 15) is 0 Å². The van der Waals surface area contributed by atoms with Gasteiger partial charge in [0.05, 0.1) is 52.2 Å². The normalized spacial score (nSPS) is 11.1. The third kappa shape index (κ3) is 7.42. The molecule has 0 aliphatic rings. The SMILES string of the molecule is c1coc(COCCOCCOCCOCc2ccco2)c1. The van der Waals surface area contributed by atoms with E-state index in [1.54, 1.807) is 12.5 Å². The number of hydrogen-bond donors (Lipinski definition) is 0. The Kier molecular flexibility index (Phi) is 8.41. The van der Waals surface area contributed by atoms with Crippen LogP contribution in [0.4, 0.5) is 0 Å². The molecule has 6 nitrogen and oxygen atoms in total. The number of hydrogen-bond acceptors (Lipinski definition) is 6. The highest BCUT2D eigenvalue weighted by molar-refractivity contribution is 4.96. The molecule has 22 heavy (non-hydrogen) atoms. The van der Waals surface area contributed by atoms with E-state index >= 15 is 0 Å². The number of rotatable bonds is 13. The first-order valence-electron chi connectivity index (χ1n) is 7.31. The maximum absolute atomic E-state index is 5.38. The third-order valence-electron chi connectivity index (χ3n) is 2.76. The van der Waals surface area contributed by atoms with Crippen LogP contribution in [-0.2, 0) is 32.2 Å². The molecule has 0 unspecified atom stereocenters. The van der Waals surface area contributed by atoms with Gasteiger partial charge in [0, 0.05) is 0 Å². The van der Waals surface area contributed by atoms with E-state index < -0.39 is 0 Å². The van der Waals surface area contributed by atoms with Gasteiger partial charge in [0.25, 0.3) is 0 Å². The lowest BCUT2D eigenvalue weighted by Crippen LogP contribution is -2.11. The largest absolute Gasteiger partial charge is 0.467 e. The summed E-state index contributed by atoms with van der Waals surface area (Å²) in [6, 6.07) is 7.43. The van der Waals surface area contributed by atoms with Crippen LogP contribution in [0.25, 0.3) is 0 Å². The van der Waals surface area contributed by atoms with Gasteiger partial charge in [0.1, 0.15) is 24.7 Å². The topological polar surface area (TPSA) is 63.2 Å². The first-order valence-corrected chi connectivity index (χ1v) is 7.31. The fraction of sp³-hybridized carbons (Fsp3) is 0.500. The lowest BCUT2D eigenvalue weighted by molar-refractivity contribution is -0.00921. The highest BCUT2D eigenvalue weighted by atomic mass is 16.6. The molecule has 0 N–H and O–H groups in total. The molecule has 6 heteroatoms. The second kappa shape index (κ2) is 11.0. The van der Waals surface area contributed by atoms with Crippen molar-refractivity contribution < 1.29 is 27.8 Å². The molecule has 2 rings (SSSR count). The van der Waals surface area contributed by atoms with E-state index in [-0.39, 0.29) is 0 Å². The fourth-order valence-corrected chi connectivity index (χ4v) is 1.69. The molecule has 122 valence electrons. The number of furan rings is 2. The molecule has 0 saturated heterocycles. The minimum absolute atomic E-state index is 0.472. The van der Waals surface area contributed by atoms with Gasteiger partial charge in [-0.2, -0.15) is 0 Å². The average molecular weight is 310 g/mol. The quantitative estimate of drug-likeness (QED) is 0.530. The van der Waals surface area contributed by atoms with Crippen molar-refractivity contribution in [1.82, 2.24) is 0 Å². The molecule has 0 fully saturated rings. The summed E-state index contributed by atoms with van der Waals surface area (Å²) in [7, 11) is 0. The Balaban J connectivity index is 1.29. The zero-order chi connectivity index (χ0) is 15.3. The zero-order valence-electron chi connectivity index (χ0n) is 12.6. The van der Waals surface area contributed by atoms with Crippen molar-refractivity contribution in [2.75, 3.05) is 39.6 Å². The van der Waals surface area contributed by atoms with E-state index in [2.05, 4.69) is 0 Å². The molecule has 0 aliphatic carbocycles. The van der Waals surface area contributed by atoms with E-state index in [1.165, 1.54) is 0 Å². The van der Waals surface area contributed by atoms with Crippen molar-refractivity contribution in [2.45, 2.75) is 13.2 Å². The summed E-state index contributed by atoms with van der Waals surface area (Å²) in [6.45, 7) is 4.18. The molecule has 0 atom stereocenters. The summed E-state index contributed by atoms with van der Waals surface area (Å²) in [5.74, 6) is 1.63. The van der Waals surface area contributed by atoms with Crippen LogP contribution < -0.4 is 0 Å². The monoisotopic (exact) mass is 310 g/mol. The van der Waals surface area contributed by atoms with Gasteiger partial charge < -0.3 is 27.8 Å². The van der Waals surface area contributed by atoms with Crippen molar-refractivity contribution >= 4 is 0 Å². The van der Waals surface area contributed by atoms with Gasteiger partial charge >= 0.3 is 0 Å². The van der Waals surface area contributed by atoms with E-state index in [4.69, 9.17) is 27.8 Å². The molecule has 0 radical (unpaired) electrons. The van der Waals surface area contributed by atoms with E-state index in [1.807, 2.05) is 24.3 Å². The first-order chi connectivity index (χ1) is 10.9. The molecule has 0 aliphatic heterocycles. The van der Waals surface area contributed by atoms with Gasteiger partial charge in [0.2, 0.25) is 0 Å². The Morgan fingerprint density at radius 1 is 0.591 bits per heavy atom. The maximum Gasteiger partial charge on any atom is 0.129 e. The first kappa shape index (κ1) is 16.8. The Morgan fingerprint density at radius 2 is 1.00 bits per heavy atom. The minimum Gasteiger partial charge on any atom is -0.467 e. The lowest BCUT2D eigenvalue weighted by Gasteiger charge is -2.06. The van der Waals surface area contributed by atoms with Crippen LogP contribution in [0.3, 0.4) is 0 Å². The van der Waals surface area contributed by atoms with Gasteiger partial charge in [-0.3, -0.25) is 0 Å². The molecular weight excluding hydrogens is 288 g/mol. The Hall–Kier alpha value is -1.60. The highest BCUT2D eigenvalue weighted by Crippen LogP contribution is 2.02. The fourth-order valence-electron chi connectivity index (χ4n) is 1.69. The third-order valence-corrected chi connectivity index (χ3v) is 2.76. The van der Waals surface area contributed by atoms with Gasteiger partial charge in [0.15, 0.2) is 0 Å². The zero-order valence-corrected chi connectivity index (χ0v) is 12.6. The molecule has 2 aromatic heterocycles. The molecule has 0 spiro atoms. The average Bonchev–Trinajstić information content (AvgIpc) is 3.21. The molecule has 2 heterocycles. The van der Waals surface area contributed by atoms with Crippen LogP contribution >= 0.6 is 0 Å². The Morgan fingerprint density at radius 3 is 1.36 bits per heavy atom. The van der Waals surface area contributed by atoms with Crippen LogP contribution in [0, 0.1) is 0 Å². The van der Waals surface area contributed by atoms with Crippen molar-refractivity contribution in [3.8, 4) is 0 Å². The van der Waals surface area contributed by atoms with Crippen LogP contribution in [-0.4, -0.2) is 39.6 Å². The summed E-state index contributed by atoms with van der Waals surface area (Å²) in [6.07, 6.45) is 3.26. The van der Waals surface area contributed by atoms with Gasteiger partial charge in [-0.15, -0.1) is 0 Å². The Labute approximate surface area is 129 Å². The molecular formula is C16H22O6. The van der Waals surface area contributed by atoms with Crippen LogP contribution in [0.15, 0.2) is 45.6 Å². The summed E-state index contributed by atoms with van der Waals surface area (Å²) in [5.41, 5.74) is 0. The molecule has 0 saturated carbocycles. The number of ether oxygens (including phenoxy) is 4. The standard InChI is InChI=1S/C16H22O6/c1-3-15(21-5-1)13-19-11-9-17-7-8-18-10-12-20-14-16-4-2-6-22-16/h1-6H,7-14H2. The lowest BCUT2D eigenvalue weighted by atomic mass is 10.5. The van der Waals surface area contributed by atoms with E-state index in [0.29, 0.717) is 52.9 Å². The summed E-state index contributed by atoms with van der Waals surface area (Å²) >= 11 is 0. The summed E-state index contributed by atoms with van der Waals surface area (Å²) < 4.78 is 31.8. The molecule has 2 aromatic rings. The second-order valence-corrected chi connectivity index (χ2v) is 4.49. The molecule has 0 amide bonds. The van der Waals surface area contributed by atoms with Crippen molar-refractivity contribution in [1.29, 1.82) is 0 Å².